The van der Waals surface area contributed by atoms with E-state index in [-0.39, 0.29) is 11.8 Å². The van der Waals surface area contributed by atoms with Crippen LogP contribution in [0.2, 0.25) is 0 Å². The smallest absolute Gasteiger partial charge is 0.253 e. The summed E-state index contributed by atoms with van der Waals surface area (Å²) < 4.78 is 0. The molecule has 0 radical (unpaired) electrons. The third kappa shape index (κ3) is 3.59. The molecule has 0 aromatic heterocycles. The van der Waals surface area contributed by atoms with Crippen molar-refractivity contribution in [3.05, 3.63) is 77.4 Å². The molecule has 0 N–H and O–H groups in total. The van der Waals surface area contributed by atoms with Crippen molar-refractivity contribution in [3.63, 3.8) is 0 Å². The number of nitrogens with zero attached hydrogens (tertiary/aromatic N) is 2. The number of amides is 2. The minimum absolute atomic E-state index is 0.0817. The Hall–Kier alpha value is -2.88. The Balaban J connectivity index is 1.40. The molecule has 1 fully saturated rings. The van der Waals surface area contributed by atoms with Crippen LogP contribution in [0, 0.1) is 12.8 Å². The molecule has 4 rings (SSSR count). The highest BCUT2D eigenvalue weighted by atomic mass is 16.2. The first-order chi connectivity index (χ1) is 13.5. The van der Waals surface area contributed by atoms with Crippen molar-refractivity contribution in [1.82, 2.24) is 4.90 Å². The molecule has 2 aliphatic heterocycles. The number of aryl methyl sites for hydroxylation is 2. The van der Waals surface area contributed by atoms with Gasteiger partial charge in [0.25, 0.3) is 5.91 Å². The van der Waals surface area contributed by atoms with Crippen LogP contribution in [-0.4, -0.2) is 36.3 Å². The highest BCUT2D eigenvalue weighted by Crippen LogP contribution is 2.30. The minimum Gasteiger partial charge on any atom is -0.338 e. The van der Waals surface area contributed by atoms with Crippen LogP contribution in [0.4, 0.5) is 5.69 Å². The summed E-state index contributed by atoms with van der Waals surface area (Å²) >= 11 is 0. The fourth-order valence-corrected chi connectivity index (χ4v) is 4.17. The fraction of sp³-hybridized carbons (Fsp3) is 0.333. The predicted molar refractivity (Wildman–Crippen MR) is 112 cm³/mol. The molecule has 0 bridgehead atoms. The van der Waals surface area contributed by atoms with Crippen LogP contribution in [-0.2, 0) is 17.6 Å². The lowest BCUT2D eigenvalue weighted by Crippen LogP contribution is -2.50. The largest absolute Gasteiger partial charge is 0.338 e. The van der Waals surface area contributed by atoms with Crippen molar-refractivity contribution in [2.75, 3.05) is 24.5 Å². The molecular weight excluding hydrogens is 348 g/mol. The summed E-state index contributed by atoms with van der Waals surface area (Å²) in [5.41, 5.74) is 5.32. The summed E-state index contributed by atoms with van der Waals surface area (Å²) in [5.74, 6) is 0.543. The van der Waals surface area contributed by atoms with Gasteiger partial charge in [-0.1, -0.05) is 36.4 Å². The molecule has 0 spiro atoms. The van der Waals surface area contributed by atoms with Gasteiger partial charge in [-0.05, 0) is 67.5 Å². The van der Waals surface area contributed by atoms with E-state index in [0.29, 0.717) is 12.5 Å². The number of carbonyl (C=O) groups is 2. The molecule has 2 aliphatic rings. The van der Waals surface area contributed by atoms with E-state index in [1.54, 1.807) is 4.90 Å². The van der Waals surface area contributed by atoms with Crippen LogP contribution in [0.25, 0.3) is 0 Å². The van der Waals surface area contributed by atoms with Gasteiger partial charge in [-0.15, -0.1) is 0 Å². The number of anilines is 1. The molecule has 2 aromatic carbocycles. The normalized spacial score (nSPS) is 16.3. The monoisotopic (exact) mass is 374 g/mol. The maximum atomic E-state index is 12.9. The van der Waals surface area contributed by atoms with Crippen LogP contribution >= 0.6 is 0 Å². The number of hydrogen-bond donors (Lipinski definition) is 0. The van der Waals surface area contributed by atoms with E-state index in [1.807, 2.05) is 23.1 Å². The lowest BCUT2D eigenvalue weighted by Gasteiger charge is -2.39. The summed E-state index contributed by atoms with van der Waals surface area (Å²) in [6, 6.07) is 14.4. The van der Waals surface area contributed by atoms with Crippen LogP contribution in [0.1, 0.15) is 33.5 Å². The number of benzene rings is 2. The van der Waals surface area contributed by atoms with Gasteiger partial charge in [0.05, 0.1) is 0 Å². The maximum absolute atomic E-state index is 12.9. The molecular formula is C24H26N2O2. The van der Waals surface area contributed by atoms with Crippen LogP contribution < -0.4 is 4.90 Å². The van der Waals surface area contributed by atoms with Gasteiger partial charge in [-0.2, -0.15) is 0 Å². The molecule has 0 atom stereocenters. The minimum atomic E-state index is -0.0817. The van der Waals surface area contributed by atoms with Gasteiger partial charge in [-0.25, -0.2) is 0 Å². The van der Waals surface area contributed by atoms with Crippen molar-refractivity contribution in [1.29, 1.82) is 0 Å². The first kappa shape index (κ1) is 18.5. The fourth-order valence-electron chi connectivity index (χ4n) is 4.17. The quantitative estimate of drug-likeness (QED) is 0.765. The van der Waals surface area contributed by atoms with Gasteiger partial charge in [0.1, 0.15) is 0 Å². The van der Waals surface area contributed by atoms with Crippen molar-refractivity contribution >= 4 is 17.5 Å². The Bertz CT molecular complexity index is 911. The van der Waals surface area contributed by atoms with E-state index >= 15 is 0 Å². The Labute approximate surface area is 166 Å². The van der Waals surface area contributed by atoms with Gasteiger partial charge >= 0.3 is 0 Å². The van der Waals surface area contributed by atoms with E-state index in [9.17, 15) is 9.59 Å². The number of rotatable bonds is 4. The van der Waals surface area contributed by atoms with Crippen LogP contribution in [0.15, 0.2) is 55.1 Å². The highest BCUT2D eigenvalue weighted by molar-refractivity contribution is 6.02. The molecule has 2 heterocycles. The van der Waals surface area contributed by atoms with Gasteiger partial charge in [-0.3, -0.25) is 9.59 Å². The van der Waals surface area contributed by atoms with Crippen molar-refractivity contribution in [3.8, 4) is 0 Å². The summed E-state index contributed by atoms with van der Waals surface area (Å²) in [7, 11) is 0. The van der Waals surface area contributed by atoms with Crippen LogP contribution in [0.3, 0.4) is 0 Å². The molecule has 0 aliphatic carbocycles. The topological polar surface area (TPSA) is 40.6 Å². The summed E-state index contributed by atoms with van der Waals surface area (Å²) in [6.45, 7) is 8.01. The lowest BCUT2D eigenvalue weighted by atomic mass is 9.91. The summed E-state index contributed by atoms with van der Waals surface area (Å²) in [6.07, 6.45) is 4.18. The maximum Gasteiger partial charge on any atom is 0.253 e. The van der Waals surface area contributed by atoms with E-state index in [2.05, 4.69) is 37.8 Å². The van der Waals surface area contributed by atoms with Crippen molar-refractivity contribution < 1.29 is 9.59 Å². The SMILES string of the molecule is C=CC(=O)N1CCCc2cc(C(=O)N3CC(Cc4ccc(C)cc4)C3)ccc21. The number of fused-ring (bicyclic) bond motifs is 1. The van der Waals surface area contributed by atoms with E-state index in [0.717, 1.165) is 49.2 Å². The van der Waals surface area contributed by atoms with E-state index in [1.165, 1.54) is 17.2 Å². The second-order valence-corrected chi connectivity index (χ2v) is 7.91. The average molecular weight is 374 g/mol. The molecule has 0 unspecified atom stereocenters. The average Bonchev–Trinajstić information content (AvgIpc) is 2.69. The third-order valence-electron chi connectivity index (χ3n) is 5.78. The molecule has 2 aromatic rings. The number of carbonyl (C=O) groups excluding carboxylic acids is 2. The van der Waals surface area contributed by atoms with E-state index < -0.39 is 0 Å². The Morgan fingerprint density at radius 3 is 2.61 bits per heavy atom. The Morgan fingerprint density at radius 1 is 1.14 bits per heavy atom. The zero-order valence-electron chi connectivity index (χ0n) is 16.4. The van der Waals surface area contributed by atoms with Gasteiger partial charge in [0.2, 0.25) is 5.91 Å². The van der Waals surface area contributed by atoms with Crippen LogP contribution in [0.5, 0.6) is 0 Å². The van der Waals surface area contributed by atoms with Gasteiger partial charge in [0.15, 0.2) is 0 Å². The van der Waals surface area contributed by atoms with Crippen molar-refractivity contribution in [2.24, 2.45) is 5.92 Å². The Morgan fingerprint density at radius 2 is 1.89 bits per heavy atom. The molecule has 2 amide bonds. The first-order valence-corrected chi connectivity index (χ1v) is 9.97. The summed E-state index contributed by atoms with van der Waals surface area (Å²) in [5, 5.41) is 0. The summed E-state index contributed by atoms with van der Waals surface area (Å²) in [4.78, 5) is 28.6. The zero-order valence-corrected chi connectivity index (χ0v) is 16.4. The molecule has 28 heavy (non-hydrogen) atoms. The van der Waals surface area contributed by atoms with Gasteiger partial charge < -0.3 is 9.80 Å². The first-order valence-electron chi connectivity index (χ1n) is 9.97. The lowest BCUT2D eigenvalue weighted by molar-refractivity contribution is -0.114. The number of likely N-dealkylation sites (tertiary alicyclic amines) is 1. The Kier molecular flexibility index (Phi) is 5.03. The third-order valence-corrected chi connectivity index (χ3v) is 5.78. The predicted octanol–water partition coefficient (Wildman–Crippen LogP) is 3.77. The molecule has 144 valence electrons. The van der Waals surface area contributed by atoms with Crippen molar-refractivity contribution in [2.45, 2.75) is 26.2 Å². The number of hydrogen-bond acceptors (Lipinski definition) is 2. The molecule has 1 saturated heterocycles. The molecule has 0 saturated carbocycles. The van der Waals surface area contributed by atoms with E-state index in [4.69, 9.17) is 0 Å². The van der Waals surface area contributed by atoms with Gasteiger partial charge in [0, 0.05) is 30.9 Å². The molecule has 4 heteroatoms. The second-order valence-electron chi connectivity index (χ2n) is 7.91. The highest BCUT2D eigenvalue weighted by Gasteiger charge is 2.32. The standard InChI is InChI=1S/C24H26N2O2/c1-3-23(27)26-12-4-5-20-14-21(10-11-22(20)26)24(28)25-15-19(16-25)13-18-8-6-17(2)7-9-18/h3,6-11,14,19H,1,4-5,12-13,15-16H2,2H3. The molecule has 4 nitrogen and oxygen atoms in total. The zero-order chi connectivity index (χ0) is 19.7. The second kappa shape index (κ2) is 7.63.